The molecule has 4 rings (SSSR count). The van der Waals surface area contributed by atoms with Gasteiger partial charge in [-0.3, -0.25) is 9.59 Å². The quantitative estimate of drug-likeness (QED) is 0.249. The maximum absolute atomic E-state index is 13.8. The summed E-state index contributed by atoms with van der Waals surface area (Å²) >= 11 is 11.0. The van der Waals surface area contributed by atoms with Gasteiger partial charge in [0.1, 0.15) is 6.04 Å². The van der Waals surface area contributed by atoms with Crippen LogP contribution in [0.15, 0.2) is 88.2 Å². The maximum atomic E-state index is 13.8. The molecule has 0 spiro atoms. The second kappa shape index (κ2) is 14.0. The number of hydrogen-bond acceptors (Lipinski definition) is 3. The Morgan fingerprint density at radius 1 is 0.946 bits per heavy atom. The Labute approximate surface area is 237 Å². The van der Waals surface area contributed by atoms with Crippen LogP contribution in [0, 0.1) is 0 Å². The van der Waals surface area contributed by atoms with Crippen molar-refractivity contribution in [2.24, 2.45) is 0 Å². The highest BCUT2D eigenvalue weighted by Gasteiger charge is 2.32. The van der Waals surface area contributed by atoms with Crippen molar-refractivity contribution in [1.29, 1.82) is 0 Å². The molecule has 1 atom stereocenters. The first kappa shape index (κ1) is 27.7. The Bertz CT molecular complexity index is 1170. The molecule has 0 saturated heterocycles. The number of rotatable bonds is 10. The second-order valence-electron chi connectivity index (χ2n) is 9.44. The largest absolute Gasteiger partial charge is 0.352 e. The van der Waals surface area contributed by atoms with Crippen LogP contribution in [0.4, 0.5) is 0 Å². The first-order valence-electron chi connectivity index (χ1n) is 12.7. The molecule has 1 aliphatic carbocycles. The van der Waals surface area contributed by atoms with E-state index in [9.17, 15) is 9.59 Å². The van der Waals surface area contributed by atoms with Gasteiger partial charge in [0.15, 0.2) is 0 Å². The van der Waals surface area contributed by atoms with Gasteiger partial charge in [-0.1, -0.05) is 89.3 Å². The number of nitrogens with one attached hydrogen (secondary N) is 1. The average Bonchev–Trinajstić information content (AvgIpc) is 2.91. The molecule has 0 unspecified atom stereocenters. The van der Waals surface area contributed by atoms with E-state index < -0.39 is 6.04 Å². The lowest BCUT2D eigenvalue weighted by atomic mass is 9.94. The zero-order valence-electron chi connectivity index (χ0n) is 20.7. The third-order valence-electron chi connectivity index (χ3n) is 6.64. The van der Waals surface area contributed by atoms with E-state index in [2.05, 4.69) is 21.2 Å². The molecule has 194 valence electrons. The number of hydrogen-bond donors (Lipinski definition) is 1. The Morgan fingerprint density at radius 3 is 2.35 bits per heavy atom. The summed E-state index contributed by atoms with van der Waals surface area (Å²) in [7, 11) is 0. The van der Waals surface area contributed by atoms with Crippen LogP contribution in [0.1, 0.15) is 43.2 Å². The number of thioether (sulfide) groups is 1. The second-order valence-corrected chi connectivity index (χ2v) is 11.8. The van der Waals surface area contributed by atoms with E-state index in [4.69, 9.17) is 11.6 Å². The predicted molar refractivity (Wildman–Crippen MR) is 156 cm³/mol. The minimum absolute atomic E-state index is 0.0698. The number of carbonyl (C=O) groups excluding carboxylic acids is 2. The first-order chi connectivity index (χ1) is 18.0. The Morgan fingerprint density at radius 2 is 1.65 bits per heavy atom. The molecule has 1 N–H and O–H groups in total. The third-order valence-corrected chi connectivity index (χ3v) is 8.38. The van der Waals surface area contributed by atoms with Crippen molar-refractivity contribution in [2.45, 2.75) is 62.0 Å². The molecule has 0 radical (unpaired) electrons. The van der Waals surface area contributed by atoms with Gasteiger partial charge in [0.25, 0.3) is 0 Å². The zero-order valence-corrected chi connectivity index (χ0v) is 23.9. The Balaban J connectivity index is 1.60. The van der Waals surface area contributed by atoms with Gasteiger partial charge in [0, 0.05) is 33.4 Å². The molecule has 1 saturated carbocycles. The van der Waals surface area contributed by atoms with Crippen LogP contribution in [-0.4, -0.2) is 34.6 Å². The number of carbonyl (C=O) groups is 2. The fraction of sp³-hybridized carbons (Fsp3) is 0.333. The zero-order chi connectivity index (χ0) is 26.0. The van der Waals surface area contributed by atoms with E-state index in [1.807, 2.05) is 78.9 Å². The van der Waals surface area contributed by atoms with Gasteiger partial charge < -0.3 is 10.2 Å². The van der Waals surface area contributed by atoms with Gasteiger partial charge in [-0.15, -0.1) is 11.8 Å². The van der Waals surface area contributed by atoms with Crippen molar-refractivity contribution < 1.29 is 9.59 Å². The van der Waals surface area contributed by atoms with E-state index >= 15 is 0 Å². The highest BCUT2D eigenvalue weighted by Crippen LogP contribution is 2.24. The number of benzene rings is 3. The fourth-order valence-electron chi connectivity index (χ4n) is 4.69. The number of halogens is 2. The van der Waals surface area contributed by atoms with Crippen molar-refractivity contribution in [3.63, 3.8) is 0 Å². The summed E-state index contributed by atoms with van der Waals surface area (Å²) in [5.41, 5.74) is 2.01. The van der Waals surface area contributed by atoms with Crippen LogP contribution in [0.5, 0.6) is 0 Å². The molecule has 3 aromatic rings. The van der Waals surface area contributed by atoms with Crippen molar-refractivity contribution in [3.05, 3.63) is 99.5 Å². The molecule has 0 aromatic heterocycles. The van der Waals surface area contributed by atoms with Crippen molar-refractivity contribution in [2.75, 3.05) is 5.75 Å². The molecular weight excluding hydrogens is 568 g/mol. The normalized spacial score (nSPS) is 14.6. The SMILES string of the molecule is O=C(NC1CCCCC1)[C@H](Cc1ccccc1)N(Cc1cccc(Br)c1)C(=O)CSc1ccc(Cl)cc1. The highest BCUT2D eigenvalue weighted by atomic mass is 79.9. The van der Waals surface area contributed by atoms with Crippen LogP contribution in [-0.2, 0) is 22.6 Å². The van der Waals surface area contributed by atoms with Gasteiger partial charge in [-0.25, -0.2) is 0 Å². The van der Waals surface area contributed by atoms with E-state index in [1.165, 1.54) is 18.2 Å². The van der Waals surface area contributed by atoms with Crippen LogP contribution in [0.2, 0.25) is 5.02 Å². The first-order valence-corrected chi connectivity index (χ1v) is 14.9. The molecule has 4 nitrogen and oxygen atoms in total. The lowest BCUT2D eigenvalue weighted by Gasteiger charge is -2.33. The summed E-state index contributed by atoms with van der Waals surface area (Å²) in [6.45, 7) is 0.356. The minimum atomic E-state index is -0.610. The Hall–Kier alpha value is -2.28. The van der Waals surface area contributed by atoms with Crippen LogP contribution < -0.4 is 5.32 Å². The van der Waals surface area contributed by atoms with Gasteiger partial charge in [-0.05, 0) is 60.4 Å². The molecule has 0 heterocycles. The van der Waals surface area contributed by atoms with Gasteiger partial charge in [0.2, 0.25) is 11.8 Å². The van der Waals surface area contributed by atoms with E-state index in [1.54, 1.807) is 4.90 Å². The third kappa shape index (κ3) is 8.62. The summed E-state index contributed by atoms with van der Waals surface area (Å²) in [6.07, 6.45) is 5.94. The van der Waals surface area contributed by atoms with Crippen LogP contribution in [0.25, 0.3) is 0 Å². The van der Waals surface area contributed by atoms with E-state index in [0.717, 1.165) is 46.2 Å². The standard InChI is InChI=1S/C30H32BrClN2O2S/c31-24-11-7-10-23(18-24)20-34(29(35)21-37-27-16-14-25(32)15-17-27)28(19-22-8-3-1-4-9-22)30(36)33-26-12-5-2-6-13-26/h1,3-4,7-11,14-18,26,28H,2,5-6,12-13,19-21H2,(H,33,36)/t28-/m0/s1. The molecular formula is C30H32BrClN2O2S. The van der Waals surface area contributed by atoms with E-state index in [-0.39, 0.29) is 23.6 Å². The molecule has 7 heteroatoms. The monoisotopic (exact) mass is 598 g/mol. The lowest BCUT2D eigenvalue weighted by molar-refractivity contribution is -0.139. The van der Waals surface area contributed by atoms with Gasteiger partial charge in [0.05, 0.1) is 5.75 Å². The summed E-state index contributed by atoms with van der Waals surface area (Å²) in [5, 5.41) is 3.95. The smallest absolute Gasteiger partial charge is 0.243 e. The molecule has 37 heavy (non-hydrogen) atoms. The van der Waals surface area contributed by atoms with E-state index in [0.29, 0.717) is 18.0 Å². The summed E-state index contributed by atoms with van der Waals surface area (Å²) in [6, 6.07) is 24.9. The average molecular weight is 600 g/mol. The lowest BCUT2D eigenvalue weighted by Crippen LogP contribution is -2.53. The predicted octanol–water partition coefficient (Wildman–Crippen LogP) is 7.28. The van der Waals surface area contributed by atoms with Gasteiger partial charge in [-0.2, -0.15) is 0 Å². The minimum Gasteiger partial charge on any atom is -0.352 e. The maximum Gasteiger partial charge on any atom is 0.243 e. The summed E-state index contributed by atoms with van der Waals surface area (Å²) < 4.78 is 0.944. The van der Waals surface area contributed by atoms with Gasteiger partial charge >= 0.3 is 0 Å². The summed E-state index contributed by atoms with van der Waals surface area (Å²) in [5.74, 6) is 0.0905. The summed E-state index contributed by atoms with van der Waals surface area (Å²) in [4.78, 5) is 30.3. The molecule has 3 aromatic carbocycles. The van der Waals surface area contributed by atoms with Crippen LogP contribution >= 0.6 is 39.3 Å². The van der Waals surface area contributed by atoms with Crippen LogP contribution in [0.3, 0.4) is 0 Å². The molecule has 1 aliphatic rings. The molecule has 1 fully saturated rings. The van der Waals surface area contributed by atoms with Crippen molar-refractivity contribution in [1.82, 2.24) is 10.2 Å². The topological polar surface area (TPSA) is 49.4 Å². The van der Waals surface area contributed by atoms with Crippen molar-refractivity contribution in [3.8, 4) is 0 Å². The molecule has 2 amide bonds. The van der Waals surface area contributed by atoms with Crippen molar-refractivity contribution >= 4 is 51.1 Å². The highest BCUT2D eigenvalue weighted by molar-refractivity contribution is 9.10. The molecule has 0 bridgehead atoms. The number of amides is 2. The fourth-order valence-corrected chi connectivity index (χ4v) is 6.05. The Kier molecular flexibility index (Phi) is 10.5. The molecule has 0 aliphatic heterocycles. The number of nitrogens with zero attached hydrogens (tertiary/aromatic N) is 1.